The van der Waals surface area contributed by atoms with Gasteiger partial charge in [-0.15, -0.1) is 0 Å². The number of fused-ring (bicyclic) bond motifs is 1. The Kier molecular flexibility index (Phi) is 6.40. The van der Waals surface area contributed by atoms with E-state index < -0.39 is 0 Å². The smallest absolute Gasteiger partial charge is 0.291 e. The molecular formula is C23H32N4O2. The number of nitrogens with zero attached hydrogens (tertiary/aromatic N) is 2. The molecule has 0 atom stereocenters. The Hall–Kier alpha value is -2.63. The summed E-state index contributed by atoms with van der Waals surface area (Å²) >= 11 is 0. The van der Waals surface area contributed by atoms with Gasteiger partial charge in [0.15, 0.2) is 5.82 Å². The summed E-state index contributed by atoms with van der Waals surface area (Å²) in [7, 11) is 0. The average Bonchev–Trinajstić information content (AvgIpc) is 3.04. The largest absolute Gasteiger partial charge is 0.351 e. The number of hydrogen-bond donors (Lipinski definition) is 2. The third-order valence-corrected chi connectivity index (χ3v) is 5.46. The second-order valence-corrected chi connectivity index (χ2v) is 8.51. The van der Waals surface area contributed by atoms with Crippen LogP contribution in [0.5, 0.6) is 0 Å². The Morgan fingerprint density at radius 3 is 2.45 bits per heavy atom. The van der Waals surface area contributed by atoms with Gasteiger partial charge in [0.2, 0.25) is 0 Å². The van der Waals surface area contributed by atoms with Crippen molar-refractivity contribution in [3.05, 3.63) is 46.0 Å². The molecular weight excluding hydrogens is 364 g/mol. The van der Waals surface area contributed by atoms with Gasteiger partial charge in [-0.3, -0.25) is 9.59 Å². The molecule has 0 radical (unpaired) electrons. The molecule has 1 aliphatic heterocycles. The number of nitrogens with one attached hydrogen (secondary N) is 2. The number of carbonyl (C=O) groups excluding carboxylic acids is 2. The Labute approximate surface area is 173 Å². The summed E-state index contributed by atoms with van der Waals surface area (Å²) in [5.41, 5.74) is 5.30. The predicted octanol–water partition coefficient (Wildman–Crippen LogP) is 4.17. The molecule has 6 nitrogen and oxygen atoms in total. The molecule has 2 aromatic rings. The highest BCUT2D eigenvalue weighted by Crippen LogP contribution is 2.25. The fourth-order valence-corrected chi connectivity index (χ4v) is 4.00. The van der Waals surface area contributed by atoms with E-state index >= 15 is 0 Å². The van der Waals surface area contributed by atoms with Crippen molar-refractivity contribution in [3.63, 3.8) is 0 Å². The third-order valence-electron chi connectivity index (χ3n) is 5.46. The lowest BCUT2D eigenvalue weighted by Crippen LogP contribution is -2.27. The number of aromatic nitrogens is 2. The van der Waals surface area contributed by atoms with Crippen LogP contribution in [0, 0.1) is 26.7 Å². The molecule has 0 spiro atoms. The van der Waals surface area contributed by atoms with E-state index in [1.807, 2.05) is 25.3 Å². The number of hydrogen-bond acceptors (Lipinski definition) is 3. The molecule has 0 bridgehead atoms. The zero-order valence-electron chi connectivity index (χ0n) is 18.2. The van der Waals surface area contributed by atoms with Gasteiger partial charge in [-0.1, -0.05) is 31.5 Å². The van der Waals surface area contributed by atoms with Gasteiger partial charge in [0.05, 0.1) is 5.69 Å². The van der Waals surface area contributed by atoms with Crippen molar-refractivity contribution in [2.75, 3.05) is 11.9 Å². The van der Waals surface area contributed by atoms with Crippen LogP contribution in [0.4, 0.5) is 5.69 Å². The van der Waals surface area contributed by atoms with Crippen molar-refractivity contribution in [1.82, 2.24) is 14.9 Å². The SMILES string of the molecule is Cc1cc(C)c(NC(=O)c2nc(C(=O)NCCC(C)C)c3n2CCCC3)c(C)c1. The van der Waals surface area contributed by atoms with Gasteiger partial charge in [-0.05, 0) is 63.5 Å². The van der Waals surface area contributed by atoms with Gasteiger partial charge >= 0.3 is 0 Å². The minimum atomic E-state index is -0.260. The molecule has 156 valence electrons. The number of imidazole rings is 1. The van der Waals surface area contributed by atoms with E-state index in [4.69, 9.17) is 0 Å². The quantitative estimate of drug-likeness (QED) is 0.769. The van der Waals surface area contributed by atoms with Gasteiger partial charge in [0.25, 0.3) is 11.8 Å². The van der Waals surface area contributed by atoms with Crippen LogP contribution in [0.1, 0.15) is 76.6 Å². The molecule has 0 fully saturated rings. The minimum Gasteiger partial charge on any atom is -0.351 e. The summed E-state index contributed by atoms with van der Waals surface area (Å²) in [4.78, 5) is 30.3. The van der Waals surface area contributed by atoms with E-state index in [1.54, 1.807) is 0 Å². The number of benzene rings is 1. The highest BCUT2D eigenvalue weighted by molar-refractivity contribution is 6.04. The van der Waals surface area contributed by atoms with Gasteiger partial charge in [0.1, 0.15) is 5.69 Å². The van der Waals surface area contributed by atoms with Crippen LogP contribution in [-0.2, 0) is 13.0 Å². The first-order valence-electron chi connectivity index (χ1n) is 10.5. The first kappa shape index (κ1) is 21.1. The van der Waals surface area contributed by atoms with Crippen molar-refractivity contribution < 1.29 is 9.59 Å². The molecule has 1 aliphatic rings. The lowest BCUT2D eigenvalue weighted by atomic mass is 10.1. The molecule has 0 saturated carbocycles. The first-order chi connectivity index (χ1) is 13.8. The normalized spacial score (nSPS) is 13.3. The van der Waals surface area contributed by atoms with E-state index in [1.165, 1.54) is 0 Å². The summed E-state index contributed by atoms with van der Waals surface area (Å²) in [6, 6.07) is 4.11. The van der Waals surface area contributed by atoms with Crippen molar-refractivity contribution in [2.24, 2.45) is 5.92 Å². The van der Waals surface area contributed by atoms with E-state index in [0.29, 0.717) is 24.0 Å². The van der Waals surface area contributed by atoms with Gasteiger partial charge < -0.3 is 15.2 Å². The molecule has 2 heterocycles. The lowest BCUT2D eigenvalue weighted by Gasteiger charge is -2.18. The maximum absolute atomic E-state index is 13.1. The van der Waals surface area contributed by atoms with Crippen LogP contribution in [0.15, 0.2) is 12.1 Å². The van der Waals surface area contributed by atoms with Crippen molar-refractivity contribution in [1.29, 1.82) is 0 Å². The zero-order valence-corrected chi connectivity index (χ0v) is 18.2. The molecule has 0 unspecified atom stereocenters. The van der Waals surface area contributed by atoms with Crippen LogP contribution in [-0.4, -0.2) is 27.9 Å². The Balaban J connectivity index is 1.87. The van der Waals surface area contributed by atoms with Crippen LogP contribution in [0.2, 0.25) is 0 Å². The Bertz CT molecular complexity index is 904. The van der Waals surface area contributed by atoms with E-state index in [-0.39, 0.29) is 11.8 Å². The summed E-state index contributed by atoms with van der Waals surface area (Å²) in [6.45, 7) is 11.6. The fourth-order valence-electron chi connectivity index (χ4n) is 4.00. The third kappa shape index (κ3) is 4.69. The average molecular weight is 397 g/mol. The second kappa shape index (κ2) is 8.80. The maximum Gasteiger partial charge on any atom is 0.291 e. The van der Waals surface area contributed by atoms with Crippen LogP contribution in [0.3, 0.4) is 0 Å². The molecule has 1 aromatic heterocycles. The number of carbonyl (C=O) groups is 2. The van der Waals surface area contributed by atoms with Crippen LogP contribution in [0.25, 0.3) is 0 Å². The molecule has 1 aromatic carbocycles. The fraction of sp³-hybridized carbons (Fsp3) is 0.522. The standard InChI is InChI=1S/C23H32N4O2/c1-14(2)9-10-24-22(28)20-18-8-6-7-11-27(18)21(25-20)23(29)26-19-16(4)12-15(3)13-17(19)5/h12-14H,6-11H2,1-5H3,(H,24,28)(H,26,29). The first-order valence-corrected chi connectivity index (χ1v) is 10.5. The Morgan fingerprint density at radius 2 is 1.79 bits per heavy atom. The lowest BCUT2D eigenvalue weighted by molar-refractivity contribution is 0.0946. The molecule has 0 saturated heterocycles. The summed E-state index contributed by atoms with van der Waals surface area (Å²) in [5.74, 6) is 0.407. The highest BCUT2D eigenvalue weighted by Gasteiger charge is 2.27. The van der Waals surface area contributed by atoms with E-state index in [9.17, 15) is 9.59 Å². The van der Waals surface area contributed by atoms with Gasteiger partial charge in [-0.2, -0.15) is 0 Å². The summed E-state index contributed by atoms with van der Waals surface area (Å²) < 4.78 is 1.93. The number of rotatable bonds is 6. The monoisotopic (exact) mass is 396 g/mol. The van der Waals surface area contributed by atoms with E-state index in [0.717, 1.165) is 60.3 Å². The summed E-state index contributed by atoms with van der Waals surface area (Å²) in [5, 5.41) is 5.99. The Morgan fingerprint density at radius 1 is 1.10 bits per heavy atom. The number of amides is 2. The van der Waals surface area contributed by atoms with Crippen molar-refractivity contribution in [2.45, 2.75) is 66.8 Å². The number of aryl methyl sites for hydroxylation is 3. The zero-order chi connectivity index (χ0) is 21.1. The number of anilines is 1. The molecule has 0 aliphatic carbocycles. The highest BCUT2D eigenvalue weighted by atomic mass is 16.2. The molecule has 6 heteroatoms. The second-order valence-electron chi connectivity index (χ2n) is 8.51. The van der Waals surface area contributed by atoms with Crippen molar-refractivity contribution in [3.8, 4) is 0 Å². The minimum absolute atomic E-state index is 0.182. The van der Waals surface area contributed by atoms with Crippen LogP contribution < -0.4 is 10.6 Å². The van der Waals surface area contributed by atoms with Gasteiger partial charge in [0, 0.05) is 18.8 Å². The molecule has 2 amide bonds. The maximum atomic E-state index is 13.1. The molecule has 29 heavy (non-hydrogen) atoms. The summed E-state index contributed by atoms with van der Waals surface area (Å²) in [6.07, 6.45) is 3.69. The van der Waals surface area contributed by atoms with Crippen LogP contribution >= 0.6 is 0 Å². The molecule has 2 N–H and O–H groups in total. The van der Waals surface area contributed by atoms with E-state index in [2.05, 4.69) is 41.6 Å². The topological polar surface area (TPSA) is 76.0 Å². The molecule has 3 rings (SSSR count). The van der Waals surface area contributed by atoms with Crippen molar-refractivity contribution >= 4 is 17.5 Å². The predicted molar refractivity (Wildman–Crippen MR) is 116 cm³/mol. The van der Waals surface area contributed by atoms with Gasteiger partial charge in [-0.25, -0.2) is 4.98 Å².